The van der Waals surface area contributed by atoms with E-state index in [0.717, 1.165) is 13.4 Å². The number of H-pyrrole nitrogens is 1. The number of rotatable bonds is 6. The molecule has 12 heteroatoms. The Morgan fingerprint density at radius 1 is 1.39 bits per heavy atom. The van der Waals surface area contributed by atoms with Crippen LogP contribution in [0.3, 0.4) is 0 Å². The van der Waals surface area contributed by atoms with Gasteiger partial charge < -0.3 is 19.6 Å². The number of ether oxygens (including phenoxy) is 2. The number of carbonyl (C=O) groups excluding carboxylic acids is 2. The van der Waals surface area contributed by atoms with Crippen LogP contribution in [0.2, 0.25) is 0 Å². The van der Waals surface area contributed by atoms with Gasteiger partial charge in [-0.1, -0.05) is 6.08 Å². The van der Waals surface area contributed by atoms with E-state index >= 15 is 0 Å². The minimum atomic E-state index is -4.20. The van der Waals surface area contributed by atoms with Crippen LogP contribution in [0.4, 0.5) is 4.79 Å². The highest BCUT2D eigenvalue weighted by Gasteiger charge is 2.37. The number of aromatic amines is 1. The summed E-state index contributed by atoms with van der Waals surface area (Å²) in [5.74, 6) is -2.50. The maximum Gasteiger partial charge on any atom is 0.424 e. The number of methoxy groups -OCH3 is 1. The molecule has 1 unspecified atom stereocenters. The molecule has 0 aliphatic carbocycles. The Morgan fingerprint density at radius 3 is 2.39 bits per heavy atom. The number of hydrogen-bond donors (Lipinski definition) is 2. The van der Waals surface area contributed by atoms with Gasteiger partial charge in [0.25, 0.3) is 5.56 Å². The fraction of sp³-hybridized carbons (Fsp3) is 0.500. The molecule has 28 heavy (non-hydrogen) atoms. The van der Waals surface area contributed by atoms with Crippen LogP contribution in [-0.2, 0) is 19.5 Å². The Bertz CT molecular complexity index is 930. The van der Waals surface area contributed by atoms with Crippen molar-refractivity contribution in [2.75, 3.05) is 13.4 Å². The van der Waals surface area contributed by atoms with Crippen molar-refractivity contribution in [3.63, 3.8) is 0 Å². The molecule has 0 bridgehead atoms. The van der Waals surface area contributed by atoms with Crippen LogP contribution in [0, 0.1) is 0 Å². The zero-order valence-electron chi connectivity index (χ0n) is 16.2. The van der Waals surface area contributed by atoms with Crippen molar-refractivity contribution in [3.8, 4) is 5.75 Å². The topological polar surface area (TPSA) is 156 Å². The Hall–Kier alpha value is -2.89. The summed E-state index contributed by atoms with van der Waals surface area (Å²) in [4.78, 5) is 42.3. The summed E-state index contributed by atoms with van der Waals surface area (Å²) in [7, 11) is -3.19. The minimum absolute atomic E-state index is 0.166. The highest BCUT2D eigenvalue weighted by Crippen LogP contribution is 2.27. The predicted molar refractivity (Wildman–Crippen MR) is 98.3 cm³/mol. The van der Waals surface area contributed by atoms with E-state index in [4.69, 9.17) is 4.74 Å². The Kier molecular flexibility index (Phi) is 6.96. The molecule has 0 saturated carbocycles. The van der Waals surface area contributed by atoms with Crippen LogP contribution in [0.25, 0.3) is 0 Å². The third-order valence-corrected chi connectivity index (χ3v) is 4.33. The second-order valence-corrected chi connectivity index (χ2v) is 8.58. The molecule has 0 fully saturated rings. The SMILES string of the molecule is C=CCC(c1nc(C(=O)OC)c(O)c(=O)[nH]1)N(C(=O)OC(C)(C)C)S(C)(=O)=O. The fourth-order valence-corrected chi connectivity index (χ4v) is 3.11. The Morgan fingerprint density at radius 2 is 1.96 bits per heavy atom. The molecule has 1 aromatic rings. The lowest BCUT2D eigenvalue weighted by Crippen LogP contribution is -2.43. The Balaban J connectivity index is 3.66. The van der Waals surface area contributed by atoms with Crippen molar-refractivity contribution >= 4 is 22.1 Å². The highest BCUT2D eigenvalue weighted by molar-refractivity contribution is 7.88. The zero-order valence-corrected chi connectivity index (χ0v) is 17.0. The number of amides is 1. The molecule has 11 nitrogen and oxygen atoms in total. The normalized spacial score (nSPS) is 12.8. The van der Waals surface area contributed by atoms with Crippen LogP contribution in [0.1, 0.15) is 49.5 Å². The van der Waals surface area contributed by atoms with Gasteiger partial charge in [0.15, 0.2) is 5.69 Å². The summed E-state index contributed by atoms with van der Waals surface area (Å²) in [6, 6.07) is -1.39. The molecule has 0 radical (unpaired) electrons. The summed E-state index contributed by atoms with van der Waals surface area (Å²) >= 11 is 0. The van der Waals surface area contributed by atoms with Crippen molar-refractivity contribution in [2.24, 2.45) is 0 Å². The van der Waals surface area contributed by atoms with E-state index in [1.807, 2.05) is 0 Å². The molecule has 1 atom stereocenters. The van der Waals surface area contributed by atoms with E-state index in [-0.39, 0.29) is 12.2 Å². The van der Waals surface area contributed by atoms with Crippen LogP contribution in [0.5, 0.6) is 5.75 Å². The average Bonchev–Trinajstić information content (AvgIpc) is 2.53. The number of nitrogens with zero attached hydrogens (tertiary/aromatic N) is 2. The van der Waals surface area contributed by atoms with Crippen LogP contribution in [-0.4, -0.2) is 58.8 Å². The number of aromatic hydroxyl groups is 1. The van der Waals surface area contributed by atoms with E-state index in [1.54, 1.807) is 20.8 Å². The van der Waals surface area contributed by atoms with Gasteiger partial charge in [0.05, 0.1) is 13.4 Å². The number of aromatic nitrogens is 2. The van der Waals surface area contributed by atoms with E-state index < -0.39 is 50.7 Å². The molecular formula is C16H23N3O8S. The first kappa shape index (κ1) is 23.1. The van der Waals surface area contributed by atoms with Crippen LogP contribution < -0.4 is 5.56 Å². The zero-order chi connectivity index (χ0) is 21.9. The molecule has 2 N–H and O–H groups in total. The van der Waals surface area contributed by atoms with Crippen molar-refractivity contribution in [3.05, 3.63) is 34.5 Å². The molecule has 0 aromatic carbocycles. The lowest BCUT2D eigenvalue weighted by molar-refractivity contribution is 0.0333. The smallest absolute Gasteiger partial charge is 0.424 e. The molecule has 1 heterocycles. The lowest BCUT2D eigenvalue weighted by atomic mass is 10.2. The molecule has 0 aliphatic heterocycles. The van der Waals surface area contributed by atoms with Crippen molar-refractivity contribution in [1.29, 1.82) is 0 Å². The standard InChI is InChI=1S/C16H23N3O8S/c1-7-8-9(19(28(6,24)25)15(23)27-16(2,3)4)12-17-10(14(22)26-5)11(20)13(21)18-12/h7,9,20H,1,8H2,2-6H3,(H,17,18,21). The number of nitrogens with one attached hydrogen (secondary N) is 1. The van der Waals surface area contributed by atoms with Gasteiger partial charge >= 0.3 is 12.1 Å². The molecule has 0 saturated heterocycles. The molecule has 0 spiro atoms. The van der Waals surface area contributed by atoms with Crippen LogP contribution >= 0.6 is 0 Å². The molecule has 1 amide bonds. The lowest BCUT2D eigenvalue weighted by Gasteiger charge is -2.30. The maximum absolute atomic E-state index is 12.6. The van der Waals surface area contributed by atoms with Crippen molar-refractivity contribution < 1.29 is 32.6 Å². The molecule has 156 valence electrons. The van der Waals surface area contributed by atoms with Gasteiger partial charge in [0.1, 0.15) is 17.5 Å². The number of esters is 1. The van der Waals surface area contributed by atoms with Gasteiger partial charge in [-0.15, -0.1) is 6.58 Å². The van der Waals surface area contributed by atoms with Crippen LogP contribution in [0.15, 0.2) is 17.4 Å². The fourth-order valence-electron chi connectivity index (χ4n) is 2.16. The first-order valence-corrected chi connectivity index (χ1v) is 9.82. The quantitative estimate of drug-likeness (QED) is 0.510. The number of hydrogen-bond acceptors (Lipinski definition) is 9. The summed E-state index contributed by atoms with van der Waals surface area (Å²) in [6.07, 6.45) is 0.683. The van der Waals surface area contributed by atoms with Gasteiger partial charge in [0, 0.05) is 0 Å². The largest absolute Gasteiger partial charge is 0.501 e. The third-order valence-electron chi connectivity index (χ3n) is 3.21. The van der Waals surface area contributed by atoms with Gasteiger partial charge in [0.2, 0.25) is 15.8 Å². The average molecular weight is 417 g/mol. The van der Waals surface area contributed by atoms with Gasteiger partial charge in [-0.2, -0.15) is 4.31 Å². The Labute approximate surface area is 162 Å². The molecule has 1 aromatic heterocycles. The second-order valence-electron chi connectivity index (χ2n) is 6.72. The monoisotopic (exact) mass is 417 g/mol. The summed E-state index contributed by atoms with van der Waals surface area (Å²) in [6.45, 7) is 8.14. The number of carbonyl (C=O) groups is 2. The van der Waals surface area contributed by atoms with E-state index in [0.29, 0.717) is 4.31 Å². The van der Waals surface area contributed by atoms with Gasteiger partial charge in [-0.25, -0.2) is 23.0 Å². The minimum Gasteiger partial charge on any atom is -0.501 e. The summed E-state index contributed by atoms with van der Waals surface area (Å²) < 4.78 is 34.6. The van der Waals surface area contributed by atoms with Gasteiger partial charge in [-0.05, 0) is 27.2 Å². The summed E-state index contributed by atoms with van der Waals surface area (Å²) in [5, 5.41) is 9.74. The van der Waals surface area contributed by atoms with E-state index in [2.05, 4.69) is 21.3 Å². The van der Waals surface area contributed by atoms with Crippen molar-refractivity contribution in [2.45, 2.75) is 38.8 Å². The number of sulfonamides is 1. The second kappa shape index (κ2) is 8.42. The van der Waals surface area contributed by atoms with E-state index in [1.165, 1.54) is 6.08 Å². The third kappa shape index (κ3) is 5.55. The summed E-state index contributed by atoms with van der Waals surface area (Å²) in [5.41, 5.74) is -2.85. The highest BCUT2D eigenvalue weighted by atomic mass is 32.2. The maximum atomic E-state index is 12.6. The molecule has 0 aliphatic rings. The van der Waals surface area contributed by atoms with Gasteiger partial charge in [-0.3, -0.25) is 4.79 Å². The first-order valence-electron chi connectivity index (χ1n) is 7.97. The predicted octanol–water partition coefficient (Wildman–Crippen LogP) is 1.08. The van der Waals surface area contributed by atoms with Crippen molar-refractivity contribution in [1.82, 2.24) is 14.3 Å². The van der Waals surface area contributed by atoms with E-state index in [9.17, 15) is 27.9 Å². The molecule has 1 rings (SSSR count). The molecular weight excluding hydrogens is 394 g/mol. The first-order chi connectivity index (χ1) is 12.7.